The fourth-order valence-electron chi connectivity index (χ4n) is 4.29. The molecule has 5 heteroatoms. The quantitative estimate of drug-likeness (QED) is 0.726. The lowest BCUT2D eigenvalue weighted by atomic mass is 9.89. The third-order valence-electron chi connectivity index (χ3n) is 5.94. The molecule has 0 aromatic heterocycles. The lowest BCUT2D eigenvalue weighted by molar-refractivity contribution is -0.123. The second-order valence-corrected chi connectivity index (χ2v) is 8.37. The highest BCUT2D eigenvalue weighted by Crippen LogP contribution is 2.30. The summed E-state index contributed by atoms with van der Waals surface area (Å²) in [5.74, 6) is 0.435. The third-order valence-corrected chi connectivity index (χ3v) is 6.19. The number of amides is 2. The number of carbonyl (C=O) groups is 2. The fraction of sp³-hybridized carbons (Fsp3) is 0.391. The first-order valence-corrected chi connectivity index (χ1v) is 10.3. The topological polar surface area (TPSA) is 40.6 Å². The van der Waals surface area contributed by atoms with Crippen molar-refractivity contribution < 1.29 is 9.59 Å². The number of aryl methyl sites for hydroxylation is 1. The minimum atomic E-state index is -0.315. The zero-order valence-corrected chi connectivity index (χ0v) is 16.9. The van der Waals surface area contributed by atoms with Gasteiger partial charge in [0.15, 0.2) is 0 Å². The zero-order valence-electron chi connectivity index (χ0n) is 16.1. The summed E-state index contributed by atoms with van der Waals surface area (Å²) in [6.45, 7) is 3.72. The Hall–Kier alpha value is -2.17. The Bertz CT molecular complexity index is 855. The van der Waals surface area contributed by atoms with Crippen molar-refractivity contribution in [3.05, 3.63) is 64.7 Å². The maximum Gasteiger partial charge on any atom is 0.251 e. The summed E-state index contributed by atoms with van der Waals surface area (Å²) < 4.78 is 0. The Labute approximate surface area is 171 Å². The van der Waals surface area contributed by atoms with Gasteiger partial charge in [-0.2, -0.15) is 0 Å². The van der Waals surface area contributed by atoms with Gasteiger partial charge in [-0.1, -0.05) is 41.4 Å². The van der Waals surface area contributed by atoms with Crippen LogP contribution in [0.25, 0.3) is 0 Å². The smallest absolute Gasteiger partial charge is 0.251 e. The maximum absolute atomic E-state index is 13.0. The van der Waals surface area contributed by atoms with E-state index < -0.39 is 0 Å². The molecule has 0 N–H and O–H groups in total. The molecule has 4 nitrogen and oxygen atoms in total. The number of benzene rings is 2. The first-order valence-electron chi connectivity index (χ1n) is 9.93. The lowest BCUT2D eigenvalue weighted by Gasteiger charge is -2.34. The highest BCUT2D eigenvalue weighted by molar-refractivity contribution is 6.30. The summed E-state index contributed by atoms with van der Waals surface area (Å²) in [7, 11) is 0. The van der Waals surface area contributed by atoms with E-state index >= 15 is 0 Å². The van der Waals surface area contributed by atoms with Crippen LogP contribution in [0.15, 0.2) is 48.5 Å². The predicted molar refractivity (Wildman–Crippen MR) is 112 cm³/mol. The minimum absolute atomic E-state index is 0.0787. The van der Waals surface area contributed by atoms with Crippen LogP contribution in [-0.4, -0.2) is 35.8 Å². The van der Waals surface area contributed by atoms with E-state index in [1.807, 2.05) is 43.3 Å². The van der Waals surface area contributed by atoms with Gasteiger partial charge in [0.1, 0.15) is 0 Å². The van der Waals surface area contributed by atoms with Crippen LogP contribution in [0.5, 0.6) is 0 Å². The van der Waals surface area contributed by atoms with Crippen molar-refractivity contribution in [3.8, 4) is 0 Å². The van der Waals surface area contributed by atoms with E-state index in [-0.39, 0.29) is 24.3 Å². The molecule has 2 aliphatic heterocycles. The Balaban J connectivity index is 1.37. The number of imide groups is 1. The number of likely N-dealkylation sites (tertiary alicyclic amines) is 1. The van der Waals surface area contributed by atoms with Gasteiger partial charge in [-0.05, 0) is 75.0 Å². The maximum atomic E-state index is 13.0. The Kier molecular flexibility index (Phi) is 5.51. The van der Waals surface area contributed by atoms with Crippen molar-refractivity contribution >= 4 is 29.1 Å². The first-order chi connectivity index (χ1) is 13.5. The van der Waals surface area contributed by atoms with Crippen molar-refractivity contribution in [2.75, 3.05) is 18.0 Å². The number of halogens is 1. The van der Waals surface area contributed by atoms with E-state index in [2.05, 4.69) is 17.0 Å². The van der Waals surface area contributed by atoms with Gasteiger partial charge in [0, 0.05) is 5.02 Å². The van der Waals surface area contributed by atoms with Gasteiger partial charge < -0.3 is 0 Å². The number of hydrogen-bond acceptors (Lipinski definition) is 3. The fourth-order valence-corrected chi connectivity index (χ4v) is 4.41. The summed E-state index contributed by atoms with van der Waals surface area (Å²) in [5.41, 5.74) is 3.10. The molecule has 2 heterocycles. The van der Waals surface area contributed by atoms with Gasteiger partial charge in [-0.25, -0.2) is 4.90 Å². The van der Waals surface area contributed by atoms with E-state index in [9.17, 15) is 9.59 Å². The van der Waals surface area contributed by atoms with Gasteiger partial charge in [0.05, 0.1) is 18.2 Å². The Morgan fingerprint density at radius 2 is 1.61 bits per heavy atom. The number of piperidine rings is 1. The highest BCUT2D eigenvalue weighted by atomic mass is 35.5. The van der Waals surface area contributed by atoms with E-state index in [4.69, 9.17) is 11.6 Å². The van der Waals surface area contributed by atoms with Crippen LogP contribution in [0.1, 0.15) is 30.4 Å². The summed E-state index contributed by atoms with van der Waals surface area (Å²) in [5, 5.41) is 0.765. The average Bonchev–Trinajstić information content (AvgIpc) is 2.99. The molecule has 0 aliphatic carbocycles. The van der Waals surface area contributed by atoms with Crippen molar-refractivity contribution in [2.24, 2.45) is 5.92 Å². The molecule has 2 aromatic rings. The largest absolute Gasteiger partial charge is 0.292 e. The minimum Gasteiger partial charge on any atom is -0.292 e. The summed E-state index contributed by atoms with van der Waals surface area (Å²) in [6.07, 6.45) is 3.42. The molecule has 2 aliphatic rings. The molecule has 0 spiro atoms. The molecular weight excluding hydrogens is 372 g/mol. The molecule has 146 valence electrons. The van der Waals surface area contributed by atoms with E-state index in [1.165, 1.54) is 10.5 Å². The second kappa shape index (κ2) is 8.06. The van der Waals surface area contributed by atoms with Crippen LogP contribution >= 0.6 is 11.6 Å². The molecule has 4 rings (SSSR count). The molecule has 2 saturated heterocycles. The van der Waals surface area contributed by atoms with Crippen molar-refractivity contribution in [2.45, 2.75) is 38.6 Å². The van der Waals surface area contributed by atoms with E-state index in [1.54, 1.807) is 0 Å². The summed E-state index contributed by atoms with van der Waals surface area (Å²) in [4.78, 5) is 29.0. The molecule has 1 atom stereocenters. The normalized spacial score (nSPS) is 21.5. The van der Waals surface area contributed by atoms with Gasteiger partial charge >= 0.3 is 0 Å². The third kappa shape index (κ3) is 3.98. The van der Waals surface area contributed by atoms with Crippen LogP contribution in [0, 0.1) is 12.8 Å². The van der Waals surface area contributed by atoms with E-state index in [0.29, 0.717) is 11.6 Å². The zero-order chi connectivity index (χ0) is 19.7. The molecular formula is C23H25ClN2O2. The number of anilines is 1. The molecule has 0 saturated carbocycles. The van der Waals surface area contributed by atoms with E-state index in [0.717, 1.165) is 42.9 Å². The number of carbonyl (C=O) groups excluding carboxylic acids is 2. The number of rotatable bonds is 4. The van der Waals surface area contributed by atoms with Crippen molar-refractivity contribution in [3.63, 3.8) is 0 Å². The first kappa shape index (κ1) is 19.2. The predicted octanol–water partition coefficient (Wildman–Crippen LogP) is 4.24. The molecule has 0 unspecified atom stereocenters. The Morgan fingerprint density at radius 1 is 0.964 bits per heavy atom. The molecule has 0 bridgehead atoms. The van der Waals surface area contributed by atoms with Gasteiger partial charge in [-0.15, -0.1) is 0 Å². The lowest BCUT2D eigenvalue weighted by Crippen LogP contribution is -2.46. The van der Waals surface area contributed by atoms with Crippen LogP contribution in [0.2, 0.25) is 5.02 Å². The van der Waals surface area contributed by atoms with Crippen LogP contribution in [0.3, 0.4) is 0 Å². The van der Waals surface area contributed by atoms with Gasteiger partial charge in [0.2, 0.25) is 5.91 Å². The summed E-state index contributed by atoms with van der Waals surface area (Å²) >= 11 is 5.97. The van der Waals surface area contributed by atoms with Crippen LogP contribution in [-0.2, 0) is 16.0 Å². The summed E-state index contributed by atoms with van der Waals surface area (Å²) in [6, 6.07) is 15.3. The molecule has 2 fully saturated rings. The van der Waals surface area contributed by atoms with Crippen molar-refractivity contribution in [1.29, 1.82) is 0 Å². The molecule has 0 radical (unpaired) electrons. The molecule has 28 heavy (non-hydrogen) atoms. The van der Waals surface area contributed by atoms with Crippen molar-refractivity contribution in [1.82, 2.24) is 4.90 Å². The second-order valence-electron chi connectivity index (χ2n) is 7.93. The molecule has 2 amide bonds. The number of nitrogens with zero attached hydrogens (tertiary/aromatic N) is 2. The van der Waals surface area contributed by atoms with Gasteiger partial charge in [0.25, 0.3) is 5.91 Å². The average molecular weight is 397 g/mol. The Morgan fingerprint density at radius 3 is 2.25 bits per heavy atom. The molecule has 2 aromatic carbocycles. The standard InChI is InChI=1S/C23H25ClN2O2/c1-16-2-8-20(9-3-16)26-22(27)15-21(23(26)28)25-12-10-18(11-13-25)14-17-4-6-19(24)7-5-17/h2-9,18,21H,10-15H2,1H3/t21-/m0/s1. The number of hydrogen-bond donors (Lipinski definition) is 0. The highest BCUT2D eigenvalue weighted by Gasteiger charge is 2.43. The SMILES string of the molecule is Cc1ccc(N2C(=O)C[C@H](N3CCC(Cc4ccc(Cl)cc4)CC3)C2=O)cc1. The monoisotopic (exact) mass is 396 g/mol. The van der Waals surface area contributed by atoms with Gasteiger partial charge in [-0.3, -0.25) is 14.5 Å². The van der Waals surface area contributed by atoms with Crippen LogP contribution in [0.4, 0.5) is 5.69 Å². The van der Waals surface area contributed by atoms with Crippen LogP contribution < -0.4 is 4.90 Å².